The van der Waals surface area contributed by atoms with Crippen LogP contribution in [0.4, 0.5) is 10.1 Å². The first-order valence-corrected chi connectivity index (χ1v) is 7.30. The van der Waals surface area contributed by atoms with Gasteiger partial charge in [-0.05, 0) is 43.2 Å². The Hall–Kier alpha value is -1.55. The van der Waals surface area contributed by atoms with Gasteiger partial charge in [0.1, 0.15) is 0 Å². The maximum absolute atomic E-state index is 13.7. The van der Waals surface area contributed by atoms with Crippen molar-refractivity contribution in [3.8, 4) is 5.75 Å². The van der Waals surface area contributed by atoms with E-state index in [-0.39, 0.29) is 11.6 Å². The molecule has 2 aromatic carbocycles. The number of ether oxygens (including phenoxy) is 1. The molecule has 0 radical (unpaired) electrons. The van der Waals surface area contributed by atoms with E-state index in [2.05, 4.69) is 27.3 Å². The van der Waals surface area contributed by atoms with Crippen LogP contribution < -0.4 is 10.1 Å². The van der Waals surface area contributed by atoms with Crippen molar-refractivity contribution in [2.45, 2.75) is 20.4 Å². The second-order valence-corrected chi connectivity index (χ2v) is 5.37. The molecule has 0 saturated carbocycles. The second kappa shape index (κ2) is 6.75. The fraction of sp³-hybridized carbons (Fsp3) is 0.250. The molecule has 0 saturated heterocycles. The zero-order chi connectivity index (χ0) is 14.5. The van der Waals surface area contributed by atoms with E-state index in [1.165, 1.54) is 11.6 Å². The number of halogens is 2. The van der Waals surface area contributed by atoms with E-state index in [1.54, 1.807) is 6.07 Å². The molecular weight excluding hydrogens is 321 g/mol. The summed E-state index contributed by atoms with van der Waals surface area (Å²) in [7, 11) is 0. The van der Waals surface area contributed by atoms with Crippen molar-refractivity contribution in [2.24, 2.45) is 0 Å². The van der Waals surface area contributed by atoms with E-state index >= 15 is 0 Å². The fourth-order valence-corrected chi connectivity index (χ4v) is 2.15. The third-order valence-corrected chi connectivity index (χ3v) is 3.84. The van der Waals surface area contributed by atoms with Crippen molar-refractivity contribution in [1.29, 1.82) is 0 Å². The molecule has 0 aromatic heterocycles. The quantitative estimate of drug-likeness (QED) is 0.837. The highest BCUT2D eigenvalue weighted by Crippen LogP contribution is 2.22. The Kier molecular flexibility index (Phi) is 5.01. The third kappa shape index (κ3) is 3.73. The number of anilines is 1. The largest absolute Gasteiger partial charge is 0.491 e. The molecule has 2 rings (SSSR count). The highest BCUT2D eigenvalue weighted by molar-refractivity contribution is 9.10. The first-order chi connectivity index (χ1) is 9.60. The number of rotatable bonds is 5. The van der Waals surface area contributed by atoms with Crippen LogP contribution in [0.1, 0.15) is 18.1 Å². The van der Waals surface area contributed by atoms with Gasteiger partial charge in [0.15, 0.2) is 11.6 Å². The number of hydrogen-bond acceptors (Lipinski definition) is 2. The van der Waals surface area contributed by atoms with Crippen LogP contribution in [0.15, 0.2) is 40.9 Å². The predicted octanol–water partition coefficient (Wildman–Crippen LogP) is 4.91. The zero-order valence-corrected chi connectivity index (χ0v) is 13.1. The van der Waals surface area contributed by atoms with Gasteiger partial charge in [0.2, 0.25) is 0 Å². The lowest BCUT2D eigenvalue weighted by Gasteiger charge is -2.10. The van der Waals surface area contributed by atoms with E-state index in [4.69, 9.17) is 4.74 Å². The maximum atomic E-state index is 13.7. The standard InChI is InChI=1S/C16H17BrFNO/c1-3-20-16-7-5-13(9-15(16)18)19-10-12-4-6-14(17)11(2)8-12/h4-9,19H,3,10H2,1-2H3. The molecule has 1 N–H and O–H groups in total. The molecule has 2 aromatic rings. The smallest absolute Gasteiger partial charge is 0.167 e. The van der Waals surface area contributed by atoms with E-state index in [0.717, 1.165) is 15.7 Å². The van der Waals surface area contributed by atoms with Gasteiger partial charge >= 0.3 is 0 Å². The molecule has 0 fully saturated rings. The summed E-state index contributed by atoms with van der Waals surface area (Å²) in [4.78, 5) is 0. The van der Waals surface area contributed by atoms with Gasteiger partial charge in [-0.2, -0.15) is 0 Å². The van der Waals surface area contributed by atoms with Crippen molar-refractivity contribution >= 4 is 21.6 Å². The molecule has 20 heavy (non-hydrogen) atoms. The molecule has 4 heteroatoms. The summed E-state index contributed by atoms with van der Waals surface area (Å²) in [5, 5.41) is 3.21. The lowest BCUT2D eigenvalue weighted by atomic mass is 10.1. The molecule has 0 aliphatic heterocycles. The topological polar surface area (TPSA) is 21.3 Å². The first-order valence-electron chi connectivity index (χ1n) is 6.51. The Morgan fingerprint density at radius 2 is 2.00 bits per heavy atom. The van der Waals surface area contributed by atoms with Gasteiger partial charge in [-0.25, -0.2) is 4.39 Å². The lowest BCUT2D eigenvalue weighted by molar-refractivity contribution is 0.321. The summed E-state index contributed by atoms with van der Waals surface area (Å²) in [6.07, 6.45) is 0. The molecule has 2 nitrogen and oxygen atoms in total. The SMILES string of the molecule is CCOc1ccc(NCc2ccc(Br)c(C)c2)cc1F. The molecule has 106 valence electrons. The van der Waals surface area contributed by atoms with E-state index in [9.17, 15) is 4.39 Å². The van der Waals surface area contributed by atoms with Crippen LogP contribution in [-0.4, -0.2) is 6.61 Å². The van der Waals surface area contributed by atoms with Gasteiger partial charge < -0.3 is 10.1 Å². The van der Waals surface area contributed by atoms with Crippen molar-refractivity contribution < 1.29 is 9.13 Å². The number of nitrogens with one attached hydrogen (secondary N) is 1. The molecule has 0 unspecified atom stereocenters. The van der Waals surface area contributed by atoms with Gasteiger partial charge in [0.25, 0.3) is 0 Å². The minimum Gasteiger partial charge on any atom is -0.491 e. The lowest BCUT2D eigenvalue weighted by Crippen LogP contribution is -2.01. The molecule has 0 spiro atoms. The van der Waals surface area contributed by atoms with Gasteiger partial charge in [0, 0.05) is 22.8 Å². The van der Waals surface area contributed by atoms with E-state index in [0.29, 0.717) is 13.2 Å². The van der Waals surface area contributed by atoms with Gasteiger partial charge in [-0.15, -0.1) is 0 Å². The van der Waals surface area contributed by atoms with E-state index < -0.39 is 0 Å². The number of aryl methyl sites for hydroxylation is 1. The summed E-state index contributed by atoms with van der Waals surface area (Å²) in [6.45, 7) is 5.00. The van der Waals surface area contributed by atoms with Gasteiger partial charge in [-0.1, -0.05) is 28.1 Å². The minimum atomic E-state index is -0.344. The molecule has 0 heterocycles. The van der Waals surface area contributed by atoms with Gasteiger partial charge in [-0.3, -0.25) is 0 Å². The molecule has 0 bridgehead atoms. The van der Waals surface area contributed by atoms with Crippen LogP contribution >= 0.6 is 15.9 Å². The minimum absolute atomic E-state index is 0.289. The summed E-state index contributed by atoms with van der Waals surface area (Å²) in [5.74, 6) is -0.0543. The molecule has 0 aliphatic rings. The Morgan fingerprint density at radius 1 is 1.20 bits per heavy atom. The molecule has 0 amide bonds. The van der Waals surface area contributed by atoms with Crippen LogP contribution in [0, 0.1) is 12.7 Å². The Balaban J connectivity index is 2.03. The molecule has 0 aliphatic carbocycles. The van der Waals surface area contributed by atoms with Crippen LogP contribution in [0.2, 0.25) is 0 Å². The third-order valence-electron chi connectivity index (χ3n) is 2.95. The summed E-state index contributed by atoms with van der Waals surface area (Å²) < 4.78 is 20.0. The van der Waals surface area contributed by atoms with Crippen LogP contribution in [-0.2, 0) is 6.54 Å². The van der Waals surface area contributed by atoms with Crippen LogP contribution in [0.5, 0.6) is 5.75 Å². The predicted molar refractivity (Wildman–Crippen MR) is 83.8 cm³/mol. The second-order valence-electron chi connectivity index (χ2n) is 4.52. The van der Waals surface area contributed by atoms with Gasteiger partial charge in [0.05, 0.1) is 6.61 Å². The number of benzene rings is 2. The highest BCUT2D eigenvalue weighted by Gasteiger charge is 2.04. The molecular formula is C16H17BrFNO. The van der Waals surface area contributed by atoms with Crippen molar-refractivity contribution in [2.75, 3.05) is 11.9 Å². The average molecular weight is 338 g/mol. The van der Waals surface area contributed by atoms with Crippen LogP contribution in [0.3, 0.4) is 0 Å². The average Bonchev–Trinajstić information content (AvgIpc) is 2.43. The van der Waals surface area contributed by atoms with Crippen molar-refractivity contribution in [3.63, 3.8) is 0 Å². The monoisotopic (exact) mass is 337 g/mol. The first kappa shape index (κ1) is 14.9. The summed E-state index contributed by atoms with van der Waals surface area (Å²) in [6, 6.07) is 11.1. The van der Waals surface area contributed by atoms with Crippen LogP contribution in [0.25, 0.3) is 0 Å². The van der Waals surface area contributed by atoms with Crippen molar-refractivity contribution in [1.82, 2.24) is 0 Å². The van der Waals surface area contributed by atoms with E-state index in [1.807, 2.05) is 32.0 Å². The number of hydrogen-bond donors (Lipinski definition) is 1. The Morgan fingerprint density at radius 3 is 2.65 bits per heavy atom. The summed E-state index contributed by atoms with van der Waals surface area (Å²) >= 11 is 3.47. The molecule has 0 atom stereocenters. The normalized spacial score (nSPS) is 10.4. The Labute approximate surface area is 127 Å². The van der Waals surface area contributed by atoms with Crippen molar-refractivity contribution in [3.05, 3.63) is 57.8 Å². The highest BCUT2D eigenvalue weighted by atomic mass is 79.9. The maximum Gasteiger partial charge on any atom is 0.167 e. The fourth-order valence-electron chi connectivity index (χ4n) is 1.90. The Bertz CT molecular complexity index is 601. The zero-order valence-electron chi connectivity index (χ0n) is 11.5. The summed E-state index contributed by atoms with van der Waals surface area (Å²) in [5.41, 5.74) is 3.08.